The fraction of sp³-hybridized carbons (Fsp3) is 0.950. The first-order chi connectivity index (χ1) is 11.9. The summed E-state index contributed by atoms with van der Waals surface area (Å²) in [6.45, 7) is 13.0. The fourth-order valence-electron chi connectivity index (χ4n) is 4.73. The third kappa shape index (κ3) is 5.33. The van der Waals surface area contributed by atoms with Gasteiger partial charge in [-0.05, 0) is 83.7 Å². The molecule has 0 radical (unpaired) electrons. The van der Waals surface area contributed by atoms with Crippen molar-refractivity contribution in [3.8, 4) is 0 Å². The number of ether oxygens (including phenoxy) is 1. The van der Waals surface area contributed by atoms with Crippen molar-refractivity contribution >= 4 is 6.09 Å². The molecule has 25 heavy (non-hydrogen) atoms. The van der Waals surface area contributed by atoms with E-state index in [0.29, 0.717) is 5.41 Å². The average molecular weight is 352 g/mol. The van der Waals surface area contributed by atoms with Crippen LogP contribution < -0.4 is 5.32 Å². The maximum atomic E-state index is 12.2. The van der Waals surface area contributed by atoms with Gasteiger partial charge < -0.3 is 15.0 Å². The van der Waals surface area contributed by atoms with Gasteiger partial charge in [-0.3, -0.25) is 4.90 Å². The molecule has 2 aliphatic heterocycles. The highest BCUT2D eigenvalue weighted by molar-refractivity contribution is 5.68. The molecule has 5 nitrogen and oxygen atoms in total. The predicted molar refractivity (Wildman–Crippen MR) is 101 cm³/mol. The summed E-state index contributed by atoms with van der Waals surface area (Å²) in [6, 6.07) is 0. The Labute approximate surface area is 153 Å². The highest BCUT2D eigenvalue weighted by atomic mass is 16.6. The van der Waals surface area contributed by atoms with Crippen LogP contribution in [0.25, 0.3) is 0 Å². The number of hydrogen-bond acceptors (Lipinski definition) is 4. The standard InChI is InChI=1S/C20H37N3O2/c1-19(2,3)25-18(24)23-14-12-22(13-15-23)16-17-4-6-20(7-5-17)8-10-21-11-9-20/h17,21H,4-16H2,1-3H3. The van der Waals surface area contributed by atoms with Crippen molar-refractivity contribution in [2.24, 2.45) is 11.3 Å². The summed E-state index contributed by atoms with van der Waals surface area (Å²) in [4.78, 5) is 16.6. The molecule has 1 amide bonds. The number of carbonyl (C=O) groups excluding carboxylic acids is 1. The molecule has 3 rings (SSSR count). The van der Waals surface area contributed by atoms with E-state index < -0.39 is 5.60 Å². The minimum atomic E-state index is -0.402. The molecule has 0 aromatic rings. The Balaban J connectivity index is 1.37. The first-order valence-corrected chi connectivity index (χ1v) is 10.3. The van der Waals surface area contributed by atoms with E-state index in [0.717, 1.165) is 32.1 Å². The number of amides is 1. The van der Waals surface area contributed by atoms with Crippen LogP contribution in [0, 0.1) is 11.3 Å². The van der Waals surface area contributed by atoms with Crippen molar-refractivity contribution in [2.45, 2.75) is 64.9 Å². The van der Waals surface area contributed by atoms with Crippen LogP contribution in [0.1, 0.15) is 59.3 Å². The van der Waals surface area contributed by atoms with Crippen LogP contribution in [0.3, 0.4) is 0 Å². The van der Waals surface area contributed by atoms with Gasteiger partial charge in [0.25, 0.3) is 0 Å². The third-order valence-electron chi connectivity index (χ3n) is 6.37. The molecule has 144 valence electrons. The lowest BCUT2D eigenvalue weighted by molar-refractivity contribution is 0.0112. The number of rotatable bonds is 2. The maximum absolute atomic E-state index is 12.2. The predicted octanol–water partition coefficient (Wildman–Crippen LogP) is 3.10. The quantitative estimate of drug-likeness (QED) is 0.830. The first-order valence-electron chi connectivity index (χ1n) is 10.3. The summed E-state index contributed by atoms with van der Waals surface area (Å²) in [5.74, 6) is 0.855. The van der Waals surface area contributed by atoms with Crippen molar-refractivity contribution in [1.29, 1.82) is 0 Å². The Hall–Kier alpha value is -0.810. The van der Waals surface area contributed by atoms with Gasteiger partial charge >= 0.3 is 6.09 Å². The van der Waals surface area contributed by atoms with E-state index in [4.69, 9.17) is 4.74 Å². The minimum absolute atomic E-state index is 0.155. The Morgan fingerprint density at radius 1 is 1.04 bits per heavy atom. The van der Waals surface area contributed by atoms with Crippen molar-refractivity contribution in [1.82, 2.24) is 15.1 Å². The molecule has 0 aromatic heterocycles. The smallest absolute Gasteiger partial charge is 0.410 e. The lowest BCUT2D eigenvalue weighted by atomic mass is 9.65. The zero-order valence-electron chi connectivity index (χ0n) is 16.5. The summed E-state index contributed by atoms with van der Waals surface area (Å²) in [7, 11) is 0. The molecule has 1 N–H and O–H groups in total. The zero-order valence-corrected chi connectivity index (χ0v) is 16.5. The van der Waals surface area contributed by atoms with Crippen LogP contribution in [-0.4, -0.2) is 67.3 Å². The van der Waals surface area contributed by atoms with Crippen LogP contribution in [0.5, 0.6) is 0 Å². The fourth-order valence-corrected chi connectivity index (χ4v) is 4.73. The van der Waals surface area contributed by atoms with Gasteiger partial charge in [-0.25, -0.2) is 4.79 Å². The van der Waals surface area contributed by atoms with E-state index in [1.165, 1.54) is 58.2 Å². The topological polar surface area (TPSA) is 44.8 Å². The molecule has 3 fully saturated rings. The summed E-state index contributed by atoms with van der Waals surface area (Å²) < 4.78 is 5.49. The molecule has 1 aliphatic carbocycles. The van der Waals surface area contributed by atoms with E-state index in [-0.39, 0.29) is 6.09 Å². The molecule has 0 unspecified atom stereocenters. The van der Waals surface area contributed by atoms with Gasteiger partial charge in [-0.1, -0.05) is 0 Å². The van der Waals surface area contributed by atoms with E-state index in [1.807, 2.05) is 25.7 Å². The van der Waals surface area contributed by atoms with Crippen molar-refractivity contribution in [3.63, 3.8) is 0 Å². The Bertz CT molecular complexity index is 436. The minimum Gasteiger partial charge on any atom is -0.444 e. The number of piperidine rings is 1. The van der Waals surface area contributed by atoms with E-state index in [2.05, 4.69) is 10.2 Å². The normalized spacial score (nSPS) is 26.0. The molecule has 0 aromatic carbocycles. The van der Waals surface area contributed by atoms with Gasteiger partial charge in [0.1, 0.15) is 5.60 Å². The largest absolute Gasteiger partial charge is 0.444 e. The second-order valence-corrected chi connectivity index (χ2v) is 9.46. The van der Waals surface area contributed by atoms with Gasteiger partial charge in [-0.2, -0.15) is 0 Å². The molecule has 1 saturated carbocycles. The van der Waals surface area contributed by atoms with Crippen molar-refractivity contribution in [2.75, 3.05) is 45.8 Å². The molecule has 5 heteroatoms. The van der Waals surface area contributed by atoms with Gasteiger partial charge in [-0.15, -0.1) is 0 Å². The summed E-state index contributed by atoms with van der Waals surface area (Å²) in [5, 5.41) is 3.51. The monoisotopic (exact) mass is 351 g/mol. The maximum Gasteiger partial charge on any atom is 0.410 e. The van der Waals surface area contributed by atoms with Crippen molar-refractivity contribution in [3.05, 3.63) is 0 Å². The first kappa shape index (κ1) is 19.0. The summed E-state index contributed by atoms with van der Waals surface area (Å²) in [5.41, 5.74) is 0.262. The second-order valence-electron chi connectivity index (χ2n) is 9.46. The van der Waals surface area contributed by atoms with Crippen molar-refractivity contribution < 1.29 is 9.53 Å². The number of piperazine rings is 1. The highest BCUT2D eigenvalue weighted by Gasteiger charge is 2.36. The second kappa shape index (κ2) is 7.83. The molecular weight excluding hydrogens is 314 g/mol. The average Bonchev–Trinajstić information content (AvgIpc) is 2.57. The molecule has 0 bridgehead atoms. The number of nitrogens with zero attached hydrogens (tertiary/aromatic N) is 2. The van der Waals surface area contributed by atoms with Gasteiger partial charge in [0.05, 0.1) is 0 Å². The number of hydrogen-bond donors (Lipinski definition) is 1. The lowest BCUT2D eigenvalue weighted by Gasteiger charge is -2.44. The Kier molecular flexibility index (Phi) is 5.94. The van der Waals surface area contributed by atoms with E-state index >= 15 is 0 Å². The Morgan fingerprint density at radius 3 is 2.20 bits per heavy atom. The molecular formula is C20H37N3O2. The summed E-state index contributed by atoms with van der Waals surface area (Å²) >= 11 is 0. The zero-order chi connectivity index (χ0) is 17.9. The molecule has 2 heterocycles. The molecule has 2 saturated heterocycles. The van der Waals surface area contributed by atoms with Crippen LogP contribution in [0.15, 0.2) is 0 Å². The lowest BCUT2D eigenvalue weighted by Crippen LogP contribution is -2.51. The molecule has 1 spiro atoms. The van der Waals surface area contributed by atoms with E-state index in [1.54, 1.807) is 0 Å². The Morgan fingerprint density at radius 2 is 1.64 bits per heavy atom. The van der Waals surface area contributed by atoms with Crippen LogP contribution in [0.4, 0.5) is 4.79 Å². The molecule has 3 aliphatic rings. The van der Waals surface area contributed by atoms with Crippen LogP contribution in [0.2, 0.25) is 0 Å². The van der Waals surface area contributed by atoms with Gasteiger partial charge in [0, 0.05) is 32.7 Å². The van der Waals surface area contributed by atoms with Crippen LogP contribution in [-0.2, 0) is 4.74 Å². The highest BCUT2D eigenvalue weighted by Crippen LogP contribution is 2.45. The molecule has 0 atom stereocenters. The summed E-state index contributed by atoms with van der Waals surface area (Å²) in [6.07, 6.45) is 8.26. The number of nitrogens with one attached hydrogen (secondary N) is 1. The van der Waals surface area contributed by atoms with Gasteiger partial charge in [0.15, 0.2) is 0 Å². The van der Waals surface area contributed by atoms with E-state index in [9.17, 15) is 4.79 Å². The third-order valence-corrected chi connectivity index (χ3v) is 6.37. The SMILES string of the molecule is CC(C)(C)OC(=O)N1CCN(CC2CCC3(CCNCC3)CC2)CC1. The van der Waals surface area contributed by atoms with Crippen LogP contribution >= 0.6 is 0 Å². The van der Waals surface area contributed by atoms with Gasteiger partial charge in [0.2, 0.25) is 0 Å². The number of carbonyl (C=O) groups is 1.